The van der Waals surface area contributed by atoms with Crippen LogP contribution < -0.4 is 4.74 Å². The van der Waals surface area contributed by atoms with Gasteiger partial charge in [0, 0.05) is 23.8 Å². The zero-order valence-electron chi connectivity index (χ0n) is 25.6. The van der Waals surface area contributed by atoms with E-state index in [-0.39, 0.29) is 23.8 Å². The molecule has 0 heterocycles. The number of benzene rings is 3. The number of rotatable bonds is 11. The lowest BCUT2D eigenvalue weighted by atomic mass is 10.0. The number of carboxylic acid groups (broad SMARTS) is 1. The van der Waals surface area contributed by atoms with E-state index < -0.39 is 5.97 Å². The maximum atomic E-state index is 14.8. The Morgan fingerprint density at radius 3 is 2.28 bits per heavy atom. The Bertz CT molecular complexity index is 1400. The number of aromatic carboxylic acids is 1. The molecule has 0 atom stereocenters. The standard InChI is InChI=1S/C30H29FN2O3.C4H7Cl.C2H6/c1-3-5-6-18-33(4-2)29(32)17-16-23-14-15-26(20-28(23)31)25-8-7-9-27(19-25)36-21-22-10-12-24(13-11-22)30(34)35;1-2-3-4-5;1-2/h3,5-20,32H,4,21H2,1-2H3,(H,34,35);3-4H,2H2,1H3;1-2H3/b5-3+,17-16+,18-6+,32-29?;4-3+;. The van der Waals surface area contributed by atoms with Gasteiger partial charge in [-0.25, -0.2) is 9.18 Å². The van der Waals surface area contributed by atoms with Crippen molar-refractivity contribution in [2.75, 3.05) is 6.54 Å². The average molecular weight is 605 g/mol. The summed E-state index contributed by atoms with van der Waals surface area (Å²) in [6.07, 6.45) is 13.6. The Kier molecular flexibility index (Phi) is 18.1. The van der Waals surface area contributed by atoms with Gasteiger partial charge in [0.05, 0.1) is 5.56 Å². The SMILES string of the molecule is C/C=C/C=C/N(CC)C(=N)/C=C/c1ccc(-c2cccc(OCc3ccc(C(=O)O)cc3)c2)cc1F.CC.CC/C=C/Cl. The van der Waals surface area contributed by atoms with Gasteiger partial charge in [-0.2, -0.15) is 0 Å². The van der Waals surface area contributed by atoms with E-state index in [4.69, 9.17) is 26.9 Å². The zero-order valence-corrected chi connectivity index (χ0v) is 26.3. The van der Waals surface area contributed by atoms with Crippen molar-refractivity contribution >= 4 is 29.5 Å². The van der Waals surface area contributed by atoms with Crippen molar-refractivity contribution in [3.63, 3.8) is 0 Å². The molecule has 3 aromatic rings. The van der Waals surface area contributed by atoms with Crippen LogP contribution in [0.25, 0.3) is 17.2 Å². The zero-order chi connectivity index (χ0) is 32.0. The molecule has 7 heteroatoms. The van der Waals surface area contributed by atoms with Crippen LogP contribution in [0.1, 0.15) is 62.5 Å². The van der Waals surface area contributed by atoms with Crippen LogP contribution in [-0.2, 0) is 6.61 Å². The van der Waals surface area contributed by atoms with E-state index in [1.807, 2.05) is 95.5 Å². The number of hydrogen-bond acceptors (Lipinski definition) is 3. The molecule has 0 amide bonds. The van der Waals surface area contributed by atoms with Gasteiger partial charge in [0.2, 0.25) is 0 Å². The maximum absolute atomic E-state index is 14.8. The number of nitrogens with zero attached hydrogens (tertiary/aromatic N) is 1. The molecule has 0 saturated heterocycles. The van der Waals surface area contributed by atoms with E-state index in [1.54, 1.807) is 35.3 Å². The molecule has 3 aromatic carbocycles. The molecule has 0 fully saturated rings. The Morgan fingerprint density at radius 2 is 1.72 bits per heavy atom. The maximum Gasteiger partial charge on any atom is 0.335 e. The van der Waals surface area contributed by atoms with E-state index in [0.717, 1.165) is 17.5 Å². The van der Waals surface area contributed by atoms with E-state index in [0.29, 0.717) is 23.4 Å². The molecule has 3 rings (SSSR count). The highest BCUT2D eigenvalue weighted by atomic mass is 35.5. The van der Waals surface area contributed by atoms with Gasteiger partial charge in [-0.1, -0.05) is 87.0 Å². The van der Waals surface area contributed by atoms with Gasteiger partial charge >= 0.3 is 5.97 Å². The van der Waals surface area contributed by atoms with Crippen LogP contribution in [-0.4, -0.2) is 28.4 Å². The molecule has 0 radical (unpaired) electrons. The van der Waals surface area contributed by atoms with Gasteiger partial charge < -0.3 is 14.7 Å². The van der Waals surface area contributed by atoms with Gasteiger partial charge in [0.15, 0.2) is 0 Å². The van der Waals surface area contributed by atoms with Crippen LogP contribution in [0.15, 0.2) is 109 Å². The highest BCUT2D eigenvalue weighted by Gasteiger charge is 2.07. The molecule has 0 aliphatic carbocycles. The van der Waals surface area contributed by atoms with Gasteiger partial charge in [-0.3, -0.25) is 5.41 Å². The molecule has 2 N–H and O–H groups in total. The molecular weight excluding hydrogens is 563 g/mol. The van der Waals surface area contributed by atoms with Crippen molar-refractivity contribution in [3.8, 4) is 16.9 Å². The summed E-state index contributed by atoms with van der Waals surface area (Å²) >= 11 is 5.12. The number of ether oxygens (including phenoxy) is 1. The third kappa shape index (κ3) is 13.4. The van der Waals surface area contributed by atoms with Crippen LogP contribution in [0.4, 0.5) is 4.39 Å². The first-order chi connectivity index (χ1) is 20.8. The Morgan fingerprint density at radius 1 is 1.02 bits per heavy atom. The van der Waals surface area contributed by atoms with Crippen LogP contribution in [0.5, 0.6) is 5.75 Å². The third-order valence-electron chi connectivity index (χ3n) is 5.74. The number of halogens is 2. The van der Waals surface area contributed by atoms with Crippen LogP contribution >= 0.6 is 11.6 Å². The van der Waals surface area contributed by atoms with Crippen molar-refractivity contribution < 1.29 is 19.0 Å². The van der Waals surface area contributed by atoms with Crippen molar-refractivity contribution in [2.45, 2.75) is 47.6 Å². The second kappa shape index (κ2) is 21.3. The molecule has 5 nitrogen and oxygen atoms in total. The van der Waals surface area contributed by atoms with E-state index >= 15 is 0 Å². The average Bonchev–Trinajstić information content (AvgIpc) is 3.03. The fraction of sp³-hybridized carbons (Fsp3) is 0.222. The molecule has 0 unspecified atom stereocenters. The van der Waals surface area contributed by atoms with Crippen LogP contribution in [0, 0.1) is 11.2 Å². The molecule has 0 spiro atoms. The molecule has 0 aromatic heterocycles. The lowest BCUT2D eigenvalue weighted by Crippen LogP contribution is -2.22. The van der Waals surface area contributed by atoms with Gasteiger partial charge in [-0.05, 0) is 85.5 Å². The van der Waals surface area contributed by atoms with Crippen molar-refractivity contribution in [1.29, 1.82) is 5.41 Å². The first-order valence-electron chi connectivity index (χ1n) is 14.3. The number of hydrogen-bond donors (Lipinski definition) is 2. The summed E-state index contributed by atoms with van der Waals surface area (Å²) in [5.41, 5.74) is 4.51. The molecule has 0 aliphatic rings. The normalized spacial score (nSPS) is 10.9. The van der Waals surface area contributed by atoms with Crippen LogP contribution in [0.2, 0.25) is 0 Å². The predicted octanol–water partition coefficient (Wildman–Crippen LogP) is 10.3. The summed E-state index contributed by atoms with van der Waals surface area (Å²) in [4.78, 5) is 12.7. The van der Waals surface area contributed by atoms with Crippen molar-refractivity contribution in [2.24, 2.45) is 0 Å². The Hall–Kier alpha value is -4.42. The third-order valence-corrected chi connectivity index (χ3v) is 5.92. The minimum absolute atomic E-state index is 0.224. The van der Waals surface area contributed by atoms with Gasteiger partial charge in [0.25, 0.3) is 0 Å². The minimum atomic E-state index is -0.970. The summed E-state index contributed by atoms with van der Waals surface area (Å²) < 4.78 is 20.7. The molecule has 0 saturated carbocycles. The fourth-order valence-corrected chi connectivity index (χ4v) is 3.67. The van der Waals surface area contributed by atoms with Crippen molar-refractivity contribution in [1.82, 2.24) is 4.90 Å². The quantitative estimate of drug-likeness (QED) is 0.130. The highest BCUT2D eigenvalue weighted by Crippen LogP contribution is 2.26. The van der Waals surface area contributed by atoms with Gasteiger partial charge in [-0.15, -0.1) is 0 Å². The summed E-state index contributed by atoms with van der Waals surface area (Å²) in [6, 6.07) is 18.9. The molecule has 0 aliphatic heterocycles. The first kappa shape index (κ1) is 36.6. The summed E-state index contributed by atoms with van der Waals surface area (Å²) in [5.74, 6) is -0.460. The van der Waals surface area contributed by atoms with E-state index in [1.165, 1.54) is 23.7 Å². The monoisotopic (exact) mass is 604 g/mol. The summed E-state index contributed by atoms with van der Waals surface area (Å²) in [5, 5.41) is 17.2. The van der Waals surface area contributed by atoms with Crippen LogP contribution in [0.3, 0.4) is 0 Å². The van der Waals surface area contributed by atoms with E-state index in [2.05, 4.69) is 0 Å². The number of amidine groups is 1. The largest absolute Gasteiger partial charge is 0.489 e. The minimum Gasteiger partial charge on any atom is -0.489 e. The number of likely N-dealkylation sites (N-methyl/N-ethyl adjacent to an activating group) is 1. The lowest BCUT2D eigenvalue weighted by molar-refractivity contribution is 0.0697. The molecule has 0 bridgehead atoms. The number of carbonyl (C=O) groups is 1. The topological polar surface area (TPSA) is 73.6 Å². The smallest absolute Gasteiger partial charge is 0.335 e. The summed E-state index contributed by atoms with van der Waals surface area (Å²) in [7, 11) is 0. The number of allylic oxidation sites excluding steroid dienone is 4. The van der Waals surface area contributed by atoms with E-state index in [9.17, 15) is 9.18 Å². The highest BCUT2D eigenvalue weighted by molar-refractivity contribution is 6.25. The first-order valence-corrected chi connectivity index (χ1v) is 14.7. The molecular formula is C36H42ClFN2O3. The number of nitrogens with one attached hydrogen (secondary N) is 1. The van der Waals surface area contributed by atoms with Gasteiger partial charge in [0.1, 0.15) is 24.0 Å². The Balaban J connectivity index is 0.00000120. The fourth-order valence-electron chi connectivity index (χ4n) is 3.49. The Labute approximate surface area is 260 Å². The predicted molar refractivity (Wildman–Crippen MR) is 179 cm³/mol. The molecule has 228 valence electrons. The lowest BCUT2D eigenvalue weighted by Gasteiger charge is -2.16. The second-order valence-corrected chi connectivity index (χ2v) is 8.95. The molecule has 43 heavy (non-hydrogen) atoms. The summed E-state index contributed by atoms with van der Waals surface area (Å²) in [6.45, 7) is 10.8. The number of carboxylic acids is 1. The van der Waals surface area contributed by atoms with Crippen molar-refractivity contribution in [3.05, 3.63) is 131 Å². The second-order valence-electron chi connectivity index (χ2n) is 8.70.